The van der Waals surface area contributed by atoms with E-state index in [1.807, 2.05) is 71.9 Å². The van der Waals surface area contributed by atoms with Crippen LogP contribution in [0, 0.1) is 5.41 Å². The molecule has 7 nitrogen and oxygen atoms in total. The van der Waals surface area contributed by atoms with Crippen LogP contribution in [0.15, 0.2) is 60.7 Å². The fourth-order valence-electron chi connectivity index (χ4n) is 4.73. The van der Waals surface area contributed by atoms with Gasteiger partial charge in [0.15, 0.2) is 5.78 Å². The first-order valence-corrected chi connectivity index (χ1v) is 12.6. The van der Waals surface area contributed by atoms with Crippen molar-refractivity contribution in [3.8, 4) is 5.75 Å². The van der Waals surface area contributed by atoms with Crippen LogP contribution in [0.4, 0.5) is 0 Å². The van der Waals surface area contributed by atoms with Crippen LogP contribution in [0.2, 0.25) is 0 Å². The Morgan fingerprint density at radius 2 is 1.36 bits per heavy atom. The number of benzene rings is 3. The van der Waals surface area contributed by atoms with E-state index >= 15 is 0 Å². The molecule has 0 atom stereocenters. The van der Waals surface area contributed by atoms with Crippen molar-refractivity contribution in [2.45, 2.75) is 65.5 Å². The van der Waals surface area contributed by atoms with E-state index in [-0.39, 0.29) is 41.7 Å². The van der Waals surface area contributed by atoms with E-state index < -0.39 is 16.8 Å². The number of aromatic carboxylic acids is 1. The van der Waals surface area contributed by atoms with E-state index in [1.165, 1.54) is 12.1 Å². The van der Waals surface area contributed by atoms with Crippen molar-refractivity contribution in [2.75, 3.05) is 0 Å². The van der Waals surface area contributed by atoms with Crippen molar-refractivity contribution >= 4 is 35.2 Å². The molecule has 1 heterocycles. The quantitative estimate of drug-likeness (QED) is 0.246. The molecular weight excluding hydrogens is 514 g/mol. The molecule has 0 unspecified atom stereocenters. The summed E-state index contributed by atoms with van der Waals surface area (Å²) in [5.41, 5.74) is 3.39. The van der Waals surface area contributed by atoms with Crippen LogP contribution in [0.3, 0.4) is 0 Å². The molecular formula is C31H36ClN3O4. The van der Waals surface area contributed by atoms with Crippen LogP contribution in [-0.2, 0) is 23.9 Å². The van der Waals surface area contributed by atoms with Gasteiger partial charge in [0.25, 0.3) is 0 Å². The van der Waals surface area contributed by atoms with Gasteiger partial charge < -0.3 is 19.3 Å². The van der Waals surface area contributed by atoms with Crippen molar-refractivity contribution in [2.24, 2.45) is 0 Å². The second kappa shape index (κ2) is 10.7. The Balaban J connectivity index is 0.00000420. The molecule has 0 spiro atoms. The summed E-state index contributed by atoms with van der Waals surface area (Å²) in [6.45, 7) is 12.2. The number of hydrogen-bond acceptors (Lipinski definition) is 4. The SMILES string of the molecule is CC(C)(C)c1cc(C(=O)Cn2c(=N)n(Cc3ccccc3)c3ccc(C(=O)O)cc32)cc(C(C)(C)C)c1O.Cl. The molecule has 206 valence electrons. The number of imidazole rings is 1. The lowest BCUT2D eigenvalue weighted by molar-refractivity contribution is 0.0696. The van der Waals surface area contributed by atoms with E-state index in [1.54, 1.807) is 27.3 Å². The number of ketones is 1. The molecule has 0 amide bonds. The van der Waals surface area contributed by atoms with Gasteiger partial charge in [-0.15, -0.1) is 12.4 Å². The van der Waals surface area contributed by atoms with Gasteiger partial charge in [-0.25, -0.2) is 4.79 Å². The molecule has 3 N–H and O–H groups in total. The summed E-state index contributed by atoms with van der Waals surface area (Å²) >= 11 is 0. The van der Waals surface area contributed by atoms with Crippen molar-refractivity contribution < 1.29 is 19.8 Å². The van der Waals surface area contributed by atoms with Crippen LogP contribution in [0.1, 0.15) is 78.9 Å². The Bertz CT molecular complexity index is 1570. The average molecular weight is 550 g/mol. The van der Waals surface area contributed by atoms with Crippen molar-refractivity contribution in [1.29, 1.82) is 5.41 Å². The number of aromatic hydroxyl groups is 1. The van der Waals surface area contributed by atoms with Gasteiger partial charge in [0.2, 0.25) is 5.62 Å². The molecule has 4 rings (SSSR count). The summed E-state index contributed by atoms with van der Waals surface area (Å²) in [5.74, 6) is -1.10. The molecule has 0 aliphatic carbocycles. The lowest BCUT2D eigenvalue weighted by atomic mass is 9.78. The predicted octanol–water partition coefficient (Wildman–Crippen LogP) is 6.27. The van der Waals surface area contributed by atoms with Gasteiger partial charge in [-0.1, -0.05) is 71.9 Å². The number of rotatable bonds is 6. The van der Waals surface area contributed by atoms with Crippen molar-refractivity contribution in [1.82, 2.24) is 9.13 Å². The summed E-state index contributed by atoms with van der Waals surface area (Å²) in [5, 5.41) is 29.6. The Labute approximate surface area is 234 Å². The minimum atomic E-state index is -1.07. The number of Topliss-reactive ketones (excluding diaryl/α,β-unsaturated/α-hetero) is 1. The van der Waals surface area contributed by atoms with Crippen LogP contribution >= 0.6 is 12.4 Å². The van der Waals surface area contributed by atoms with Gasteiger partial charge in [-0.05, 0) is 46.7 Å². The van der Waals surface area contributed by atoms with Crippen molar-refractivity contribution in [3.05, 3.63) is 94.1 Å². The van der Waals surface area contributed by atoms with Gasteiger partial charge in [0.05, 0.1) is 29.7 Å². The number of aromatic nitrogens is 2. The normalized spacial score (nSPS) is 11.8. The average Bonchev–Trinajstić information content (AvgIpc) is 3.08. The molecule has 0 aliphatic heterocycles. The van der Waals surface area contributed by atoms with Gasteiger partial charge >= 0.3 is 5.97 Å². The number of carbonyl (C=O) groups is 2. The first-order valence-electron chi connectivity index (χ1n) is 12.6. The summed E-state index contributed by atoms with van der Waals surface area (Å²) < 4.78 is 3.34. The maximum Gasteiger partial charge on any atom is 0.335 e. The third-order valence-corrected chi connectivity index (χ3v) is 6.85. The summed E-state index contributed by atoms with van der Waals surface area (Å²) in [6.07, 6.45) is 0. The van der Waals surface area contributed by atoms with Crippen molar-refractivity contribution in [3.63, 3.8) is 0 Å². The molecule has 3 aromatic carbocycles. The number of nitrogens with one attached hydrogen (secondary N) is 1. The number of carbonyl (C=O) groups excluding carboxylic acids is 1. The zero-order valence-corrected chi connectivity index (χ0v) is 24.0. The lowest BCUT2D eigenvalue weighted by Gasteiger charge is -2.28. The smallest absolute Gasteiger partial charge is 0.335 e. The second-order valence-electron chi connectivity index (χ2n) is 11.8. The Morgan fingerprint density at radius 1 is 0.795 bits per heavy atom. The first kappa shape index (κ1) is 29.7. The molecule has 0 aliphatic rings. The molecule has 0 bridgehead atoms. The number of fused-ring (bicyclic) bond motifs is 1. The predicted molar refractivity (Wildman–Crippen MR) is 155 cm³/mol. The molecule has 8 heteroatoms. The van der Waals surface area contributed by atoms with E-state index in [0.717, 1.165) is 5.56 Å². The van der Waals surface area contributed by atoms with E-state index in [0.29, 0.717) is 34.3 Å². The van der Waals surface area contributed by atoms with Crippen LogP contribution < -0.4 is 5.62 Å². The number of hydrogen-bond donors (Lipinski definition) is 3. The minimum absolute atomic E-state index is 0. The lowest BCUT2D eigenvalue weighted by Crippen LogP contribution is -2.28. The number of halogens is 1. The van der Waals surface area contributed by atoms with E-state index in [9.17, 15) is 19.8 Å². The molecule has 0 saturated heterocycles. The third-order valence-electron chi connectivity index (χ3n) is 6.85. The van der Waals surface area contributed by atoms with Gasteiger partial charge in [-0.2, -0.15) is 0 Å². The monoisotopic (exact) mass is 549 g/mol. The topological polar surface area (TPSA) is 108 Å². The van der Waals surface area contributed by atoms with Crippen LogP contribution in [0.5, 0.6) is 5.75 Å². The fourth-order valence-corrected chi connectivity index (χ4v) is 4.73. The number of phenols is 1. The minimum Gasteiger partial charge on any atom is -0.507 e. The highest BCUT2D eigenvalue weighted by atomic mass is 35.5. The number of carboxylic acids is 1. The number of carboxylic acid groups (broad SMARTS) is 1. The maximum absolute atomic E-state index is 13.8. The van der Waals surface area contributed by atoms with E-state index in [2.05, 4.69) is 0 Å². The summed E-state index contributed by atoms with van der Waals surface area (Å²) in [6, 6.07) is 17.9. The zero-order valence-electron chi connectivity index (χ0n) is 23.2. The maximum atomic E-state index is 13.8. The van der Waals surface area contributed by atoms with Gasteiger partial charge in [0.1, 0.15) is 5.75 Å². The molecule has 4 aromatic rings. The largest absolute Gasteiger partial charge is 0.507 e. The van der Waals surface area contributed by atoms with Gasteiger partial charge in [-0.3, -0.25) is 10.2 Å². The van der Waals surface area contributed by atoms with Crippen LogP contribution in [0.25, 0.3) is 11.0 Å². The van der Waals surface area contributed by atoms with Crippen LogP contribution in [-0.4, -0.2) is 31.1 Å². The third kappa shape index (κ3) is 5.93. The zero-order chi connectivity index (χ0) is 28.0. The summed E-state index contributed by atoms with van der Waals surface area (Å²) in [4.78, 5) is 25.5. The highest BCUT2D eigenvalue weighted by molar-refractivity contribution is 5.98. The molecule has 1 aromatic heterocycles. The Morgan fingerprint density at radius 3 is 1.87 bits per heavy atom. The fraction of sp³-hybridized carbons (Fsp3) is 0.323. The number of phenolic OH excluding ortho intramolecular Hbond substituents is 1. The summed E-state index contributed by atoms with van der Waals surface area (Å²) in [7, 11) is 0. The first-order chi connectivity index (χ1) is 17.7. The highest BCUT2D eigenvalue weighted by Gasteiger charge is 2.28. The molecule has 0 saturated carbocycles. The Hall–Kier alpha value is -3.84. The highest BCUT2D eigenvalue weighted by Crippen LogP contribution is 2.40. The molecule has 0 fully saturated rings. The standard InChI is InChI=1S/C31H35N3O4.ClH/c1-30(2,3)22-14-21(15-23(27(22)36)31(4,5)6)26(35)18-34-25-16-20(28(37)38)12-13-24(25)33(29(34)32)17-19-10-8-7-9-11-19;/h7-16,32,36H,17-18H2,1-6H3,(H,37,38);1H. The molecule has 0 radical (unpaired) electrons. The second-order valence-corrected chi connectivity index (χ2v) is 11.8. The van der Waals surface area contributed by atoms with E-state index in [4.69, 9.17) is 5.41 Å². The Kier molecular flexibility index (Phi) is 8.18. The number of nitrogens with zero attached hydrogens (tertiary/aromatic N) is 2. The van der Waals surface area contributed by atoms with Gasteiger partial charge in [0, 0.05) is 16.7 Å². The molecule has 39 heavy (non-hydrogen) atoms.